The van der Waals surface area contributed by atoms with Crippen LogP contribution in [0.25, 0.3) is 0 Å². The van der Waals surface area contributed by atoms with E-state index in [1.807, 2.05) is 0 Å². The standard InChI is InChI=1S/C6H11N3OS/c1-7-5(10)9(2)6-8-3-4-11-6/h3-4H2,1-2H3,(H,7,10). The fraction of sp³-hybridized carbons (Fsp3) is 0.667. The minimum absolute atomic E-state index is 0.113. The molecule has 0 atom stereocenters. The molecule has 1 aliphatic rings. The molecule has 0 aromatic carbocycles. The van der Waals surface area contributed by atoms with Gasteiger partial charge in [0.25, 0.3) is 0 Å². The van der Waals surface area contributed by atoms with Crippen molar-refractivity contribution in [2.24, 2.45) is 4.99 Å². The monoisotopic (exact) mass is 173 g/mol. The minimum atomic E-state index is -0.113. The molecular weight excluding hydrogens is 162 g/mol. The summed E-state index contributed by atoms with van der Waals surface area (Å²) in [6, 6.07) is -0.113. The SMILES string of the molecule is CNC(=O)N(C)C1=NCCS1. The minimum Gasteiger partial charge on any atom is -0.341 e. The number of nitrogens with zero attached hydrogens (tertiary/aromatic N) is 2. The molecule has 0 aromatic rings. The summed E-state index contributed by atoms with van der Waals surface area (Å²) in [5.41, 5.74) is 0. The number of nitrogens with one attached hydrogen (secondary N) is 1. The van der Waals surface area contributed by atoms with Gasteiger partial charge in [-0.2, -0.15) is 0 Å². The first-order valence-electron chi connectivity index (χ1n) is 3.38. The number of carbonyl (C=O) groups is 1. The number of hydrogen-bond donors (Lipinski definition) is 1. The third-order valence-electron chi connectivity index (χ3n) is 1.37. The smallest absolute Gasteiger partial charge is 0.322 e. The van der Waals surface area contributed by atoms with Gasteiger partial charge >= 0.3 is 6.03 Å². The second kappa shape index (κ2) is 3.61. The summed E-state index contributed by atoms with van der Waals surface area (Å²) in [6.45, 7) is 0.821. The first-order chi connectivity index (χ1) is 5.25. The van der Waals surface area contributed by atoms with Crippen LogP contribution in [0.3, 0.4) is 0 Å². The van der Waals surface area contributed by atoms with Crippen LogP contribution >= 0.6 is 11.8 Å². The second-order valence-electron chi connectivity index (χ2n) is 2.13. The molecule has 0 radical (unpaired) electrons. The lowest BCUT2D eigenvalue weighted by Crippen LogP contribution is -2.37. The Balaban J connectivity index is 2.52. The van der Waals surface area contributed by atoms with E-state index in [0.717, 1.165) is 17.5 Å². The third-order valence-corrected chi connectivity index (χ3v) is 2.42. The highest BCUT2D eigenvalue weighted by atomic mass is 32.2. The van der Waals surface area contributed by atoms with Gasteiger partial charge in [0, 0.05) is 19.8 Å². The molecule has 2 amide bonds. The first-order valence-corrected chi connectivity index (χ1v) is 4.37. The molecular formula is C6H11N3OS. The molecule has 0 saturated heterocycles. The maximum atomic E-state index is 11.0. The summed E-state index contributed by atoms with van der Waals surface area (Å²) in [5.74, 6) is 0.983. The summed E-state index contributed by atoms with van der Waals surface area (Å²) in [5, 5.41) is 3.34. The van der Waals surface area contributed by atoms with Crippen LogP contribution in [-0.4, -0.2) is 42.5 Å². The number of thioether (sulfide) groups is 1. The molecule has 0 saturated carbocycles. The molecule has 0 spiro atoms. The Morgan fingerprint density at radius 1 is 1.82 bits per heavy atom. The van der Waals surface area contributed by atoms with Crippen LogP contribution in [0.15, 0.2) is 4.99 Å². The number of aliphatic imine (C=N–C) groups is 1. The normalized spacial score (nSPS) is 16.0. The van der Waals surface area contributed by atoms with E-state index in [-0.39, 0.29) is 6.03 Å². The molecule has 0 aromatic heterocycles. The maximum Gasteiger partial charge on any atom is 0.322 e. The van der Waals surface area contributed by atoms with E-state index in [4.69, 9.17) is 0 Å². The number of urea groups is 1. The fourth-order valence-electron chi connectivity index (χ4n) is 0.781. The molecule has 1 rings (SSSR count). The van der Waals surface area contributed by atoms with Gasteiger partial charge in [0.05, 0.1) is 6.54 Å². The Morgan fingerprint density at radius 3 is 3.00 bits per heavy atom. The van der Waals surface area contributed by atoms with Crippen molar-refractivity contribution in [2.45, 2.75) is 0 Å². The van der Waals surface area contributed by atoms with Crippen LogP contribution in [0.1, 0.15) is 0 Å². The van der Waals surface area contributed by atoms with Gasteiger partial charge in [0.2, 0.25) is 0 Å². The molecule has 1 aliphatic heterocycles. The highest BCUT2D eigenvalue weighted by Gasteiger charge is 2.16. The molecule has 4 nitrogen and oxygen atoms in total. The lowest BCUT2D eigenvalue weighted by atomic mass is 10.7. The largest absolute Gasteiger partial charge is 0.341 e. The number of carbonyl (C=O) groups excluding carboxylic acids is 1. The molecule has 5 heteroatoms. The van der Waals surface area contributed by atoms with Crippen molar-refractivity contribution in [3.05, 3.63) is 0 Å². The third kappa shape index (κ3) is 1.86. The van der Waals surface area contributed by atoms with Crippen LogP contribution < -0.4 is 5.32 Å². The van der Waals surface area contributed by atoms with Crippen molar-refractivity contribution in [1.82, 2.24) is 10.2 Å². The van der Waals surface area contributed by atoms with E-state index in [0.29, 0.717) is 0 Å². The lowest BCUT2D eigenvalue weighted by molar-refractivity contribution is 0.229. The predicted molar refractivity (Wildman–Crippen MR) is 47.0 cm³/mol. The summed E-state index contributed by atoms with van der Waals surface area (Å²) in [6.07, 6.45) is 0. The number of rotatable bonds is 0. The van der Waals surface area contributed by atoms with Crippen LogP contribution in [-0.2, 0) is 0 Å². The van der Waals surface area contributed by atoms with Crippen molar-refractivity contribution in [3.63, 3.8) is 0 Å². The quantitative estimate of drug-likeness (QED) is 0.575. The van der Waals surface area contributed by atoms with Gasteiger partial charge in [-0.3, -0.25) is 9.89 Å². The van der Waals surface area contributed by atoms with Crippen molar-refractivity contribution in [2.75, 3.05) is 26.4 Å². The molecule has 11 heavy (non-hydrogen) atoms. The molecule has 0 unspecified atom stereocenters. The van der Waals surface area contributed by atoms with Gasteiger partial charge in [-0.05, 0) is 0 Å². The zero-order chi connectivity index (χ0) is 8.27. The van der Waals surface area contributed by atoms with E-state index in [1.54, 1.807) is 25.9 Å². The van der Waals surface area contributed by atoms with Crippen LogP contribution in [0, 0.1) is 0 Å². The molecule has 0 fully saturated rings. The average Bonchev–Trinajstić information content (AvgIpc) is 2.53. The Bertz CT molecular complexity index is 192. The first kappa shape index (κ1) is 8.39. The summed E-state index contributed by atoms with van der Waals surface area (Å²) >= 11 is 1.61. The Kier molecular flexibility index (Phi) is 2.76. The second-order valence-corrected chi connectivity index (χ2v) is 3.19. The van der Waals surface area contributed by atoms with E-state index in [1.165, 1.54) is 4.90 Å². The van der Waals surface area contributed by atoms with E-state index in [2.05, 4.69) is 10.3 Å². The van der Waals surface area contributed by atoms with Gasteiger partial charge < -0.3 is 5.32 Å². The summed E-state index contributed by atoms with van der Waals surface area (Å²) in [4.78, 5) is 16.7. The van der Waals surface area contributed by atoms with E-state index < -0.39 is 0 Å². The van der Waals surface area contributed by atoms with Gasteiger partial charge in [-0.15, -0.1) is 0 Å². The van der Waals surface area contributed by atoms with Gasteiger partial charge in [-0.25, -0.2) is 4.79 Å². The molecule has 1 N–H and O–H groups in total. The van der Waals surface area contributed by atoms with Gasteiger partial charge in [-0.1, -0.05) is 11.8 Å². The van der Waals surface area contributed by atoms with Gasteiger partial charge in [0.15, 0.2) is 5.17 Å². The van der Waals surface area contributed by atoms with Crippen LogP contribution in [0.4, 0.5) is 4.79 Å². The van der Waals surface area contributed by atoms with E-state index >= 15 is 0 Å². The molecule has 62 valence electrons. The number of amidine groups is 1. The Hall–Kier alpha value is -0.710. The van der Waals surface area contributed by atoms with Crippen molar-refractivity contribution < 1.29 is 4.79 Å². The topological polar surface area (TPSA) is 44.7 Å². The Labute approximate surface area is 70.0 Å². The molecule has 0 bridgehead atoms. The van der Waals surface area contributed by atoms with Crippen molar-refractivity contribution >= 4 is 23.0 Å². The predicted octanol–water partition coefficient (Wildman–Crippen LogP) is 0.360. The fourth-order valence-corrected chi connectivity index (χ4v) is 1.61. The summed E-state index contributed by atoms with van der Waals surface area (Å²) in [7, 11) is 3.33. The Morgan fingerprint density at radius 2 is 2.55 bits per heavy atom. The molecule has 1 heterocycles. The number of amides is 2. The van der Waals surface area contributed by atoms with Gasteiger partial charge in [0.1, 0.15) is 0 Å². The summed E-state index contributed by atoms with van der Waals surface area (Å²) < 4.78 is 0. The van der Waals surface area contributed by atoms with Crippen LogP contribution in [0.2, 0.25) is 0 Å². The highest BCUT2D eigenvalue weighted by Crippen LogP contribution is 2.13. The maximum absolute atomic E-state index is 11.0. The zero-order valence-electron chi connectivity index (χ0n) is 6.63. The average molecular weight is 173 g/mol. The number of hydrogen-bond acceptors (Lipinski definition) is 3. The van der Waals surface area contributed by atoms with Crippen molar-refractivity contribution in [1.29, 1.82) is 0 Å². The molecule has 0 aliphatic carbocycles. The van der Waals surface area contributed by atoms with Crippen LogP contribution in [0.5, 0.6) is 0 Å². The van der Waals surface area contributed by atoms with Crippen molar-refractivity contribution in [3.8, 4) is 0 Å². The zero-order valence-corrected chi connectivity index (χ0v) is 7.44. The highest BCUT2D eigenvalue weighted by molar-refractivity contribution is 8.14. The van der Waals surface area contributed by atoms with E-state index in [9.17, 15) is 4.79 Å². The lowest BCUT2D eigenvalue weighted by Gasteiger charge is -2.14.